The molecule has 0 saturated heterocycles. The van der Waals surface area contributed by atoms with E-state index >= 15 is 0 Å². The highest BCUT2D eigenvalue weighted by Crippen LogP contribution is 2.25. The topological polar surface area (TPSA) is 49.4 Å². The Labute approximate surface area is 125 Å². The second-order valence-electron chi connectivity index (χ2n) is 5.29. The molecule has 1 aliphatic rings. The van der Waals surface area contributed by atoms with Crippen molar-refractivity contribution in [3.05, 3.63) is 28.5 Å². The molecule has 1 aliphatic carbocycles. The van der Waals surface area contributed by atoms with Gasteiger partial charge < -0.3 is 5.32 Å². The first kappa shape index (κ1) is 15.7. The van der Waals surface area contributed by atoms with E-state index in [0.29, 0.717) is 24.0 Å². The first-order valence-electron chi connectivity index (χ1n) is 6.88. The van der Waals surface area contributed by atoms with Crippen LogP contribution in [0.15, 0.2) is 28.5 Å². The second kappa shape index (κ2) is 6.39. The molecule has 1 saturated carbocycles. The van der Waals surface area contributed by atoms with Crippen LogP contribution in [0, 0.1) is 0 Å². The van der Waals surface area contributed by atoms with E-state index in [1.165, 1.54) is 28.5 Å². The summed E-state index contributed by atoms with van der Waals surface area (Å²) in [6, 6.07) is 2.42. The molecule has 0 aromatic carbocycles. The molecule has 112 valence electrons. The fourth-order valence-electron chi connectivity index (χ4n) is 1.94. The molecule has 0 atom stereocenters. The van der Waals surface area contributed by atoms with Crippen molar-refractivity contribution in [2.45, 2.75) is 44.2 Å². The highest BCUT2D eigenvalue weighted by Gasteiger charge is 2.25. The van der Waals surface area contributed by atoms with Crippen LogP contribution in [0.2, 0.25) is 0 Å². The van der Waals surface area contributed by atoms with E-state index < -0.39 is 10.0 Å². The van der Waals surface area contributed by atoms with Crippen molar-refractivity contribution in [1.82, 2.24) is 9.62 Å². The molecule has 1 heterocycles. The van der Waals surface area contributed by atoms with Gasteiger partial charge >= 0.3 is 0 Å². The number of likely N-dealkylation sites (N-methyl/N-ethyl adjacent to an activating group) is 1. The van der Waals surface area contributed by atoms with Gasteiger partial charge in [0.05, 0.1) is 4.90 Å². The zero-order valence-corrected chi connectivity index (χ0v) is 13.7. The van der Waals surface area contributed by atoms with Crippen LogP contribution in [0.5, 0.6) is 0 Å². The van der Waals surface area contributed by atoms with Crippen LogP contribution in [-0.2, 0) is 16.6 Å². The summed E-state index contributed by atoms with van der Waals surface area (Å²) >= 11 is 1.50. The summed E-state index contributed by atoms with van der Waals surface area (Å²) in [5.74, 6) is 0. The van der Waals surface area contributed by atoms with Gasteiger partial charge in [0, 0.05) is 35.9 Å². The van der Waals surface area contributed by atoms with Gasteiger partial charge in [0.15, 0.2) is 0 Å². The number of nitrogens with one attached hydrogen (secondary N) is 1. The van der Waals surface area contributed by atoms with Gasteiger partial charge in [0.1, 0.15) is 0 Å². The lowest BCUT2D eigenvalue weighted by atomic mass is 10.3. The molecular formula is C14H22N2O2S2. The van der Waals surface area contributed by atoms with Gasteiger partial charge in [-0.2, -0.15) is 4.31 Å². The number of hydrogen-bond acceptors (Lipinski definition) is 4. The van der Waals surface area contributed by atoms with Crippen molar-refractivity contribution in [3.8, 4) is 0 Å². The Morgan fingerprint density at radius 2 is 2.25 bits per heavy atom. The molecule has 6 heteroatoms. The van der Waals surface area contributed by atoms with E-state index in [9.17, 15) is 8.42 Å². The average molecular weight is 314 g/mol. The van der Waals surface area contributed by atoms with E-state index in [1.54, 1.807) is 11.4 Å². The van der Waals surface area contributed by atoms with E-state index in [-0.39, 0.29) is 0 Å². The molecule has 0 bridgehead atoms. The van der Waals surface area contributed by atoms with Crippen LogP contribution < -0.4 is 5.32 Å². The van der Waals surface area contributed by atoms with Crippen LogP contribution in [0.4, 0.5) is 0 Å². The summed E-state index contributed by atoms with van der Waals surface area (Å²) < 4.78 is 26.5. The fourth-order valence-corrected chi connectivity index (χ4v) is 4.66. The van der Waals surface area contributed by atoms with Gasteiger partial charge in [0.25, 0.3) is 0 Å². The molecule has 1 aromatic rings. The smallest absolute Gasteiger partial charge is 0.244 e. The standard InChI is InChI=1S/C14H22N2O2S2/c1-4-16(9-11(2)3)20(17,18)14-7-13(19-10-14)8-15-12-5-6-12/h7,10,12,15H,2,4-6,8-9H2,1,3H3. The van der Waals surface area contributed by atoms with Crippen LogP contribution in [-0.4, -0.2) is 31.9 Å². The van der Waals surface area contributed by atoms with E-state index in [2.05, 4.69) is 11.9 Å². The van der Waals surface area contributed by atoms with E-state index in [4.69, 9.17) is 0 Å². The monoisotopic (exact) mass is 314 g/mol. The maximum Gasteiger partial charge on any atom is 0.244 e. The van der Waals surface area contributed by atoms with E-state index in [0.717, 1.165) is 17.0 Å². The lowest BCUT2D eigenvalue weighted by molar-refractivity contribution is 0.453. The minimum atomic E-state index is -3.39. The quantitative estimate of drug-likeness (QED) is 0.750. The van der Waals surface area contributed by atoms with Gasteiger partial charge in [-0.1, -0.05) is 19.1 Å². The molecule has 20 heavy (non-hydrogen) atoms. The third kappa shape index (κ3) is 3.91. The second-order valence-corrected chi connectivity index (χ2v) is 8.23. The van der Waals surface area contributed by atoms with E-state index in [1.807, 2.05) is 13.8 Å². The minimum absolute atomic E-state index is 0.379. The highest BCUT2D eigenvalue weighted by atomic mass is 32.2. The van der Waals surface area contributed by atoms with Crippen molar-refractivity contribution in [3.63, 3.8) is 0 Å². The normalized spacial score (nSPS) is 15.8. The Balaban J connectivity index is 2.08. The third-order valence-electron chi connectivity index (χ3n) is 3.21. The maximum absolute atomic E-state index is 12.5. The molecule has 1 N–H and O–H groups in total. The maximum atomic E-state index is 12.5. The van der Waals surface area contributed by atoms with Gasteiger partial charge in [-0.25, -0.2) is 8.42 Å². The summed E-state index contributed by atoms with van der Waals surface area (Å²) in [7, 11) is -3.39. The molecular weight excluding hydrogens is 292 g/mol. The molecule has 0 amide bonds. The minimum Gasteiger partial charge on any atom is -0.309 e. The Bertz CT molecular complexity index is 574. The number of nitrogens with zero attached hydrogens (tertiary/aromatic N) is 1. The van der Waals surface area contributed by atoms with Crippen molar-refractivity contribution in [1.29, 1.82) is 0 Å². The molecule has 0 spiro atoms. The summed E-state index contributed by atoms with van der Waals surface area (Å²) in [6.07, 6.45) is 2.47. The van der Waals surface area contributed by atoms with Crippen LogP contribution in [0.3, 0.4) is 0 Å². The fraction of sp³-hybridized carbons (Fsp3) is 0.571. The molecule has 2 rings (SSSR count). The van der Waals surface area contributed by atoms with Crippen molar-refractivity contribution >= 4 is 21.4 Å². The third-order valence-corrected chi connectivity index (χ3v) is 6.19. The number of thiophene rings is 1. The lowest BCUT2D eigenvalue weighted by Crippen LogP contribution is -2.32. The SMILES string of the molecule is C=C(C)CN(CC)S(=O)(=O)c1csc(CNC2CC2)c1. The molecule has 1 fully saturated rings. The van der Waals surface area contributed by atoms with Crippen molar-refractivity contribution in [2.75, 3.05) is 13.1 Å². The summed E-state index contributed by atoms with van der Waals surface area (Å²) in [5.41, 5.74) is 0.848. The molecule has 1 aromatic heterocycles. The zero-order chi connectivity index (χ0) is 14.8. The average Bonchev–Trinajstić information content (AvgIpc) is 3.09. The summed E-state index contributed by atoms with van der Waals surface area (Å²) in [6.45, 7) is 9.09. The summed E-state index contributed by atoms with van der Waals surface area (Å²) in [4.78, 5) is 1.47. The van der Waals surface area contributed by atoms with Crippen molar-refractivity contribution in [2.24, 2.45) is 0 Å². The molecule has 4 nitrogen and oxygen atoms in total. The van der Waals surface area contributed by atoms with Crippen LogP contribution in [0.1, 0.15) is 31.6 Å². The Morgan fingerprint density at radius 1 is 1.55 bits per heavy atom. The van der Waals surface area contributed by atoms with Gasteiger partial charge in [0.2, 0.25) is 10.0 Å². The molecule has 0 unspecified atom stereocenters. The number of rotatable bonds is 8. The van der Waals surface area contributed by atoms with Crippen molar-refractivity contribution < 1.29 is 8.42 Å². The lowest BCUT2D eigenvalue weighted by Gasteiger charge is -2.19. The first-order chi connectivity index (χ1) is 9.43. The zero-order valence-electron chi connectivity index (χ0n) is 12.1. The largest absolute Gasteiger partial charge is 0.309 e. The first-order valence-corrected chi connectivity index (χ1v) is 9.20. The van der Waals surface area contributed by atoms with Gasteiger partial charge in [-0.05, 0) is 25.8 Å². The van der Waals surface area contributed by atoms with Crippen LogP contribution >= 0.6 is 11.3 Å². The Hall–Kier alpha value is -0.690. The Kier molecular flexibility index (Phi) is 5.01. The highest BCUT2D eigenvalue weighted by molar-refractivity contribution is 7.89. The molecule has 0 aliphatic heterocycles. The van der Waals surface area contributed by atoms with Gasteiger partial charge in [-0.15, -0.1) is 11.3 Å². The Morgan fingerprint density at radius 3 is 2.80 bits per heavy atom. The van der Waals surface area contributed by atoms with Gasteiger partial charge in [-0.3, -0.25) is 0 Å². The van der Waals surface area contributed by atoms with Crippen LogP contribution in [0.25, 0.3) is 0 Å². The predicted molar refractivity (Wildman–Crippen MR) is 83.4 cm³/mol. The summed E-state index contributed by atoms with van der Waals surface area (Å²) in [5, 5.41) is 5.14. The number of sulfonamides is 1. The number of hydrogen-bond donors (Lipinski definition) is 1. The molecule has 0 radical (unpaired) electrons. The predicted octanol–water partition coefficient (Wildman–Crippen LogP) is 2.59.